The molecule has 21 heavy (non-hydrogen) atoms. The maximum atomic E-state index is 10.4. The number of hydrogen-bond donors (Lipinski definition) is 1. The summed E-state index contributed by atoms with van der Waals surface area (Å²) in [6.45, 7) is 6.41. The van der Waals surface area contributed by atoms with Gasteiger partial charge in [-0.3, -0.25) is 0 Å². The molecule has 0 aliphatic carbocycles. The van der Waals surface area contributed by atoms with E-state index in [0.717, 1.165) is 22.4 Å². The maximum Gasteiger partial charge on any atom is 0.127 e. The number of aliphatic hydroxyl groups is 1. The third-order valence-corrected chi connectivity index (χ3v) is 4.21. The van der Waals surface area contributed by atoms with Crippen molar-refractivity contribution in [2.75, 3.05) is 0 Å². The molecule has 3 rings (SSSR count). The molecule has 2 atom stereocenters. The SMILES string of the molecule is Cc1ccc2c(c1)[C@@H](O)CC(c1ccc(C(C)C)cc1)O2. The van der Waals surface area contributed by atoms with Crippen LogP contribution in [-0.4, -0.2) is 5.11 Å². The molecular weight excluding hydrogens is 260 g/mol. The second kappa shape index (κ2) is 5.53. The quantitative estimate of drug-likeness (QED) is 0.867. The molecule has 0 amide bonds. The maximum absolute atomic E-state index is 10.4. The third-order valence-electron chi connectivity index (χ3n) is 4.21. The summed E-state index contributed by atoms with van der Waals surface area (Å²) < 4.78 is 6.08. The summed E-state index contributed by atoms with van der Waals surface area (Å²) in [5.41, 5.74) is 4.51. The molecule has 110 valence electrons. The van der Waals surface area contributed by atoms with Gasteiger partial charge in [0.25, 0.3) is 0 Å². The van der Waals surface area contributed by atoms with Crippen molar-refractivity contribution in [2.24, 2.45) is 0 Å². The molecule has 0 bridgehead atoms. The lowest BCUT2D eigenvalue weighted by Crippen LogP contribution is -2.19. The summed E-state index contributed by atoms with van der Waals surface area (Å²) in [5.74, 6) is 1.33. The highest BCUT2D eigenvalue weighted by molar-refractivity contribution is 5.41. The number of aliphatic hydroxyl groups excluding tert-OH is 1. The van der Waals surface area contributed by atoms with Crippen LogP contribution in [0, 0.1) is 6.92 Å². The number of hydrogen-bond acceptors (Lipinski definition) is 2. The molecular formula is C19H22O2. The number of rotatable bonds is 2. The highest BCUT2D eigenvalue weighted by atomic mass is 16.5. The number of aryl methyl sites for hydroxylation is 1. The number of ether oxygens (including phenoxy) is 1. The Morgan fingerprint density at radius 2 is 1.81 bits per heavy atom. The van der Waals surface area contributed by atoms with Crippen LogP contribution in [0.4, 0.5) is 0 Å². The van der Waals surface area contributed by atoms with Crippen molar-refractivity contribution in [3.63, 3.8) is 0 Å². The van der Waals surface area contributed by atoms with Crippen molar-refractivity contribution >= 4 is 0 Å². The van der Waals surface area contributed by atoms with Crippen molar-refractivity contribution in [1.82, 2.24) is 0 Å². The lowest BCUT2D eigenvalue weighted by Gasteiger charge is -2.30. The van der Waals surface area contributed by atoms with Gasteiger partial charge in [0, 0.05) is 12.0 Å². The Morgan fingerprint density at radius 3 is 2.48 bits per heavy atom. The van der Waals surface area contributed by atoms with Crippen LogP contribution in [0.2, 0.25) is 0 Å². The van der Waals surface area contributed by atoms with Crippen LogP contribution < -0.4 is 4.74 Å². The van der Waals surface area contributed by atoms with Crippen LogP contribution in [-0.2, 0) is 0 Å². The second-order valence-corrected chi connectivity index (χ2v) is 6.22. The Bertz CT molecular complexity index is 629. The van der Waals surface area contributed by atoms with Gasteiger partial charge in [-0.05, 0) is 36.1 Å². The zero-order chi connectivity index (χ0) is 15.0. The molecule has 2 aromatic rings. The predicted molar refractivity (Wildman–Crippen MR) is 84.7 cm³/mol. The van der Waals surface area contributed by atoms with E-state index in [1.807, 2.05) is 25.1 Å². The van der Waals surface area contributed by atoms with Crippen LogP contribution in [0.3, 0.4) is 0 Å². The molecule has 0 saturated carbocycles. The molecule has 1 aliphatic heterocycles. The summed E-state index contributed by atoms with van der Waals surface area (Å²) in [5, 5.41) is 10.4. The predicted octanol–water partition coefficient (Wildman–Crippen LogP) is 4.68. The van der Waals surface area contributed by atoms with E-state index in [-0.39, 0.29) is 6.10 Å². The van der Waals surface area contributed by atoms with E-state index in [4.69, 9.17) is 4.74 Å². The van der Waals surface area contributed by atoms with Gasteiger partial charge in [0.2, 0.25) is 0 Å². The summed E-state index contributed by atoms with van der Waals surface area (Å²) in [7, 11) is 0. The van der Waals surface area contributed by atoms with Gasteiger partial charge in [0.15, 0.2) is 0 Å². The first kappa shape index (κ1) is 14.2. The van der Waals surface area contributed by atoms with Crippen molar-refractivity contribution in [1.29, 1.82) is 0 Å². The first-order valence-corrected chi connectivity index (χ1v) is 7.59. The van der Waals surface area contributed by atoms with Gasteiger partial charge < -0.3 is 9.84 Å². The Kier molecular flexibility index (Phi) is 3.73. The summed E-state index contributed by atoms with van der Waals surface area (Å²) in [6.07, 6.45) is 0.0807. The monoisotopic (exact) mass is 282 g/mol. The van der Waals surface area contributed by atoms with E-state index in [1.165, 1.54) is 5.56 Å². The van der Waals surface area contributed by atoms with E-state index in [1.54, 1.807) is 0 Å². The smallest absolute Gasteiger partial charge is 0.127 e. The van der Waals surface area contributed by atoms with Crippen molar-refractivity contribution in [3.8, 4) is 5.75 Å². The van der Waals surface area contributed by atoms with E-state index in [9.17, 15) is 5.11 Å². The van der Waals surface area contributed by atoms with Crippen molar-refractivity contribution in [3.05, 3.63) is 64.7 Å². The van der Waals surface area contributed by atoms with Crippen LogP contribution in [0.25, 0.3) is 0 Å². The minimum atomic E-state index is -0.455. The molecule has 0 aromatic heterocycles. The van der Waals surface area contributed by atoms with Crippen LogP contribution >= 0.6 is 0 Å². The molecule has 1 unspecified atom stereocenters. The van der Waals surface area contributed by atoms with Crippen LogP contribution in [0.5, 0.6) is 5.75 Å². The molecule has 1 heterocycles. The first-order valence-electron chi connectivity index (χ1n) is 7.59. The topological polar surface area (TPSA) is 29.5 Å². The lowest BCUT2D eigenvalue weighted by atomic mass is 9.93. The molecule has 2 heteroatoms. The van der Waals surface area contributed by atoms with Gasteiger partial charge in [-0.25, -0.2) is 0 Å². The Labute approximate surface area is 126 Å². The minimum Gasteiger partial charge on any atom is -0.485 e. The van der Waals surface area contributed by atoms with Gasteiger partial charge in [0.1, 0.15) is 11.9 Å². The summed E-state index contributed by atoms with van der Waals surface area (Å²) in [6, 6.07) is 14.5. The fraction of sp³-hybridized carbons (Fsp3) is 0.368. The average Bonchev–Trinajstić information content (AvgIpc) is 2.48. The van der Waals surface area contributed by atoms with Gasteiger partial charge in [-0.2, -0.15) is 0 Å². The molecule has 2 nitrogen and oxygen atoms in total. The molecule has 1 aliphatic rings. The summed E-state index contributed by atoms with van der Waals surface area (Å²) >= 11 is 0. The van der Waals surface area contributed by atoms with Crippen LogP contribution in [0.15, 0.2) is 42.5 Å². The fourth-order valence-corrected chi connectivity index (χ4v) is 2.87. The minimum absolute atomic E-state index is 0.0728. The zero-order valence-corrected chi connectivity index (χ0v) is 12.8. The third kappa shape index (κ3) is 2.81. The number of benzene rings is 2. The van der Waals surface area contributed by atoms with Gasteiger partial charge in [0.05, 0.1) is 6.10 Å². The molecule has 0 radical (unpaired) electrons. The van der Waals surface area contributed by atoms with Gasteiger partial charge >= 0.3 is 0 Å². The van der Waals surface area contributed by atoms with Crippen molar-refractivity contribution in [2.45, 2.75) is 45.3 Å². The second-order valence-electron chi connectivity index (χ2n) is 6.22. The Hall–Kier alpha value is -1.80. The normalized spacial score (nSPS) is 21.0. The average molecular weight is 282 g/mol. The lowest BCUT2D eigenvalue weighted by molar-refractivity contribution is 0.0657. The highest BCUT2D eigenvalue weighted by Gasteiger charge is 2.28. The Morgan fingerprint density at radius 1 is 1.10 bits per heavy atom. The fourth-order valence-electron chi connectivity index (χ4n) is 2.87. The van der Waals surface area contributed by atoms with Gasteiger partial charge in [-0.15, -0.1) is 0 Å². The van der Waals surface area contributed by atoms with E-state index < -0.39 is 6.10 Å². The number of fused-ring (bicyclic) bond motifs is 1. The molecule has 0 saturated heterocycles. The molecule has 0 fully saturated rings. The Balaban J connectivity index is 1.86. The summed E-state index contributed by atoms with van der Waals surface area (Å²) in [4.78, 5) is 0. The zero-order valence-electron chi connectivity index (χ0n) is 12.8. The van der Waals surface area contributed by atoms with E-state index in [2.05, 4.69) is 38.1 Å². The highest BCUT2D eigenvalue weighted by Crippen LogP contribution is 2.41. The van der Waals surface area contributed by atoms with Crippen LogP contribution in [0.1, 0.15) is 60.6 Å². The van der Waals surface area contributed by atoms with E-state index >= 15 is 0 Å². The standard InChI is InChI=1S/C19H22O2/c1-12(2)14-5-7-15(8-6-14)19-11-17(20)16-10-13(3)4-9-18(16)21-19/h4-10,12,17,19-20H,11H2,1-3H3/t17-,19?/m0/s1. The molecule has 2 aromatic carbocycles. The first-order chi connectivity index (χ1) is 10.0. The molecule has 1 N–H and O–H groups in total. The van der Waals surface area contributed by atoms with Crippen molar-refractivity contribution < 1.29 is 9.84 Å². The van der Waals surface area contributed by atoms with Gasteiger partial charge in [-0.1, -0.05) is 49.7 Å². The largest absolute Gasteiger partial charge is 0.485 e. The molecule has 0 spiro atoms. The van der Waals surface area contributed by atoms with E-state index in [0.29, 0.717) is 12.3 Å².